The van der Waals surface area contributed by atoms with Crippen LogP contribution in [0.25, 0.3) is 11.0 Å². The Balaban J connectivity index is 2.14. The number of imidazole rings is 1. The molecule has 4 heteroatoms. The average Bonchev–Trinajstić information content (AvgIpc) is 2.94. The maximum absolute atomic E-state index is 10.7. The zero-order valence-corrected chi connectivity index (χ0v) is 10.4. The molecule has 1 N–H and O–H groups in total. The van der Waals surface area contributed by atoms with Crippen molar-refractivity contribution in [2.75, 3.05) is 0 Å². The van der Waals surface area contributed by atoms with Crippen LogP contribution in [0.3, 0.4) is 0 Å². The monoisotopic (exact) mass is 241 g/mol. The fraction of sp³-hybridized carbons (Fsp3) is 0.429. The van der Waals surface area contributed by atoms with Gasteiger partial charge in [-0.2, -0.15) is 4.99 Å². The summed E-state index contributed by atoms with van der Waals surface area (Å²) in [6.07, 6.45) is 5.85. The van der Waals surface area contributed by atoms with Crippen LogP contribution >= 0.6 is 0 Å². The smallest absolute Gasteiger partial charge is 0.235 e. The first-order chi connectivity index (χ1) is 8.73. The molecule has 1 heterocycles. The van der Waals surface area contributed by atoms with Crippen molar-refractivity contribution in [3.05, 3.63) is 29.6 Å². The van der Waals surface area contributed by atoms with Gasteiger partial charge in [0.15, 0.2) is 0 Å². The third-order valence-corrected chi connectivity index (χ3v) is 3.83. The van der Waals surface area contributed by atoms with Gasteiger partial charge in [0, 0.05) is 0 Å². The summed E-state index contributed by atoms with van der Waals surface area (Å²) in [5, 5.41) is 0. The van der Waals surface area contributed by atoms with E-state index in [0.29, 0.717) is 0 Å². The van der Waals surface area contributed by atoms with Gasteiger partial charge in [0.1, 0.15) is 5.82 Å². The summed E-state index contributed by atoms with van der Waals surface area (Å²) in [7, 11) is 0. The summed E-state index contributed by atoms with van der Waals surface area (Å²) < 4.78 is 0. The highest BCUT2D eigenvalue weighted by molar-refractivity contribution is 5.76. The van der Waals surface area contributed by atoms with Crippen LogP contribution in [0.4, 0.5) is 0 Å². The van der Waals surface area contributed by atoms with Crippen LogP contribution in [0.15, 0.2) is 23.2 Å². The summed E-state index contributed by atoms with van der Waals surface area (Å²) in [5.74, 6) is 0.904. The van der Waals surface area contributed by atoms with Crippen LogP contribution in [0.1, 0.15) is 37.1 Å². The SMILES string of the molecule is Cc1nc2ccc(C3(N=C=O)CCCC3)cc2[nH]1. The molecule has 1 aliphatic carbocycles. The van der Waals surface area contributed by atoms with Gasteiger partial charge in [-0.3, -0.25) is 0 Å². The minimum Gasteiger partial charge on any atom is -0.342 e. The van der Waals surface area contributed by atoms with Gasteiger partial charge in [-0.1, -0.05) is 18.9 Å². The molecule has 0 saturated heterocycles. The highest BCUT2D eigenvalue weighted by Gasteiger charge is 2.35. The van der Waals surface area contributed by atoms with Crippen molar-refractivity contribution in [1.82, 2.24) is 9.97 Å². The van der Waals surface area contributed by atoms with E-state index in [1.807, 2.05) is 19.1 Å². The Hall–Kier alpha value is -1.93. The minimum absolute atomic E-state index is 0.352. The standard InChI is InChI=1S/C14H15N3O/c1-10-16-12-5-4-11(8-13(12)17-10)14(15-9-18)6-2-3-7-14/h4-5,8H,2-3,6-7H2,1H3,(H,16,17). The second kappa shape index (κ2) is 4.07. The van der Waals surface area contributed by atoms with Gasteiger partial charge >= 0.3 is 0 Å². The lowest BCUT2D eigenvalue weighted by Gasteiger charge is -2.22. The van der Waals surface area contributed by atoms with E-state index < -0.39 is 0 Å². The Kier molecular flexibility index (Phi) is 2.53. The van der Waals surface area contributed by atoms with Crippen molar-refractivity contribution in [3.8, 4) is 0 Å². The summed E-state index contributed by atoms with van der Waals surface area (Å²) in [6.45, 7) is 1.94. The van der Waals surface area contributed by atoms with Crippen molar-refractivity contribution in [2.45, 2.75) is 38.1 Å². The van der Waals surface area contributed by atoms with Crippen molar-refractivity contribution in [1.29, 1.82) is 0 Å². The van der Waals surface area contributed by atoms with Gasteiger partial charge in [-0.15, -0.1) is 0 Å². The molecule has 0 aliphatic heterocycles. The molecule has 0 unspecified atom stereocenters. The number of rotatable bonds is 2. The quantitative estimate of drug-likeness (QED) is 0.649. The van der Waals surface area contributed by atoms with E-state index in [4.69, 9.17) is 0 Å². The van der Waals surface area contributed by atoms with Crippen molar-refractivity contribution in [2.24, 2.45) is 4.99 Å². The summed E-state index contributed by atoms with van der Waals surface area (Å²) >= 11 is 0. The average molecular weight is 241 g/mol. The molecule has 0 radical (unpaired) electrons. The molecule has 1 aliphatic rings. The lowest BCUT2D eigenvalue weighted by atomic mass is 9.89. The highest BCUT2D eigenvalue weighted by atomic mass is 16.1. The van der Waals surface area contributed by atoms with Gasteiger partial charge in [0.05, 0.1) is 16.6 Å². The molecule has 18 heavy (non-hydrogen) atoms. The number of benzene rings is 1. The molecule has 4 nitrogen and oxygen atoms in total. The van der Waals surface area contributed by atoms with E-state index in [1.165, 1.54) is 0 Å². The second-order valence-electron chi connectivity index (χ2n) is 5.00. The first kappa shape index (κ1) is 11.2. The number of nitrogens with one attached hydrogen (secondary N) is 1. The molecule has 0 spiro atoms. The normalized spacial score (nSPS) is 17.8. The Bertz CT molecular complexity index is 632. The zero-order valence-electron chi connectivity index (χ0n) is 10.4. The van der Waals surface area contributed by atoms with Gasteiger partial charge in [-0.25, -0.2) is 9.78 Å². The Labute approximate surface area is 105 Å². The number of hydrogen-bond acceptors (Lipinski definition) is 3. The molecule has 1 aromatic carbocycles. The van der Waals surface area contributed by atoms with E-state index >= 15 is 0 Å². The molecule has 0 atom stereocenters. The van der Waals surface area contributed by atoms with E-state index in [2.05, 4.69) is 21.0 Å². The van der Waals surface area contributed by atoms with Crippen molar-refractivity contribution < 1.29 is 4.79 Å². The Morgan fingerprint density at radius 2 is 2.17 bits per heavy atom. The number of isocyanates is 1. The number of nitrogens with zero attached hydrogens (tertiary/aromatic N) is 2. The van der Waals surface area contributed by atoms with Crippen LogP contribution in [0, 0.1) is 6.92 Å². The van der Waals surface area contributed by atoms with E-state index in [1.54, 1.807) is 6.08 Å². The topological polar surface area (TPSA) is 58.1 Å². The highest BCUT2D eigenvalue weighted by Crippen LogP contribution is 2.42. The predicted octanol–water partition coefficient (Wildman–Crippen LogP) is 2.98. The van der Waals surface area contributed by atoms with Crippen LogP contribution in [-0.2, 0) is 10.3 Å². The Morgan fingerprint density at radius 3 is 2.89 bits per heavy atom. The number of aromatic nitrogens is 2. The minimum atomic E-state index is -0.352. The van der Waals surface area contributed by atoms with Crippen LogP contribution in [-0.4, -0.2) is 16.0 Å². The molecule has 0 amide bonds. The summed E-state index contributed by atoms with van der Waals surface area (Å²) in [6, 6.07) is 6.10. The molecule has 92 valence electrons. The first-order valence-corrected chi connectivity index (χ1v) is 6.29. The number of fused-ring (bicyclic) bond motifs is 1. The maximum Gasteiger partial charge on any atom is 0.235 e. The third-order valence-electron chi connectivity index (χ3n) is 3.83. The van der Waals surface area contributed by atoms with Crippen molar-refractivity contribution >= 4 is 17.1 Å². The lowest BCUT2D eigenvalue weighted by Crippen LogP contribution is -2.18. The third kappa shape index (κ3) is 1.66. The van der Waals surface area contributed by atoms with E-state index in [9.17, 15) is 4.79 Å². The number of carbonyl (C=O) groups excluding carboxylic acids is 1. The molecule has 1 fully saturated rings. The fourth-order valence-corrected chi connectivity index (χ4v) is 2.94. The largest absolute Gasteiger partial charge is 0.342 e. The molecule has 0 bridgehead atoms. The maximum atomic E-state index is 10.7. The lowest BCUT2D eigenvalue weighted by molar-refractivity contribution is 0.456. The predicted molar refractivity (Wildman–Crippen MR) is 69.1 cm³/mol. The van der Waals surface area contributed by atoms with Crippen molar-refractivity contribution in [3.63, 3.8) is 0 Å². The van der Waals surface area contributed by atoms with Gasteiger partial charge in [-0.05, 0) is 37.5 Å². The van der Waals surface area contributed by atoms with Gasteiger partial charge in [0.25, 0.3) is 0 Å². The molecule has 2 aromatic rings. The zero-order chi connectivity index (χ0) is 12.6. The van der Waals surface area contributed by atoms with Gasteiger partial charge < -0.3 is 4.98 Å². The van der Waals surface area contributed by atoms with Gasteiger partial charge in [0.2, 0.25) is 6.08 Å². The fourth-order valence-electron chi connectivity index (χ4n) is 2.94. The van der Waals surface area contributed by atoms with Crippen LogP contribution in [0.5, 0.6) is 0 Å². The van der Waals surface area contributed by atoms with E-state index in [0.717, 1.165) is 48.1 Å². The molecular formula is C14H15N3O. The Morgan fingerprint density at radius 1 is 1.39 bits per heavy atom. The number of hydrogen-bond donors (Lipinski definition) is 1. The first-order valence-electron chi connectivity index (χ1n) is 6.29. The molecule has 1 saturated carbocycles. The van der Waals surface area contributed by atoms with Crippen LogP contribution < -0.4 is 0 Å². The van der Waals surface area contributed by atoms with Crippen LogP contribution in [0.2, 0.25) is 0 Å². The number of aromatic amines is 1. The molecular weight excluding hydrogens is 226 g/mol. The molecule has 1 aromatic heterocycles. The van der Waals surface area contributed by atoms with E-state index in [-0.39, 0.29) is 5.54 Å². The number of aliphatic imine (C=N–C) groups is 1. The number of aryl methyl sites for hydroxylation is 1. The molecule has 3 rings (SSSR count). The number of H-pyrrole nitrogens is 1. The summed E-state index contributed by atoms with van der Waals surface area (Å²) in [5.41, 5.74) is 2.71. The second-order valence-corrected chi connectivity index (χ2v) is 5.00. The summed E-state index contributed by atoms with van der Waals surface area (Å²) in [4.78, 5) is 22.4.